The van der Waals surface area contributed by atoms with E-state index in [-0.39, 0.29) is 5.54 Å². The minimum absolute atomic E-state index is 0.0175. The summed E-state index contributed by atoms with van der Waals surface area (Å²) in [6, 6.07) is 0. The van der Waals surface area contributed by atoms with Gasteiger partial charge in [0.15, 0.2) is 11.3 Å². The van der Waals surface area contributed by atoms with Gasteiger partial charge in [0.2, 0.25) is 5.69 Å². The maximum absolute atomic E-state index is 2.70. The van der Waals surface area contributed by atoms with Crippen LogP contribution in [0.1, 0.15) is 87.9 Å². The van der Waals surface area contributed by atoms with Crippen molar-refractivity contribution in [1.82, 2.24) is 0 Å². The molecule has 0 saturated carbocycles. The first kappa shape index (κ1) is 18.5. The number of hydrogen-bond acceptors (Lipinski definition) is 0. The lowest BCUT2D eigenvalue weighted by Crippen LogP contribution is -2.28. The van der Waals surface area contributed by atoms with Crippen LogP contribution in [0, 0.1) is 55.4 Å². The van der Waals surface area contributed by atoms with Gasteiger partial charge in [-0.1, -0.05) is 0 Å². The largest absolute Gasteiger partial charge is 0.213 e. The van der Waals surface area contributed by atoms with Gasteiger partial charge in [0.05, 0.1) is 11.5 Å². The molecule has 1 atom stereocenters. The van der Waals surface area contributed by atoms with Crippen LogP contribution < -0.4 is 0 Å². The molecule has 2 aliphatic rings. The fourth-order valence-corrected chi connectivity index (χ4v) is 6.01. The van der Waals surface area contributed by atoms with E-state index in [0.29, 0.717) is 5.92 Å². The number of nitrogens with zero attached hydrogens (tertiary/aromatic N) is 1. The summed E-state index contributed by atoms with van der Waals surface area (Å²) in [6.45, 7) is 25.8. The molecule has 0 fully saturated rings. The predicted octanol–water partition coefficient (Wildman–Crippen LogP) is 6.65. The van der Waals surface area contributed by atoms with Gasteiger partial charge in [-0.25, -0.2) is 0 Å². The molecule has 1 heteroatoms. The second kappa shape index (κ2) is 5.34. The van der Waals surface area contributed by atoms with Gasteiger partial charge in [-0.05, 0) is 101 Å². The summed E-state index contributed by atoms with van der Waals surface area (Å²) in [5, 5.41) is 0. The van der Waals surface area contributed by atoms with Gasteiger partial charge in [-0.3, -0.25) is 0 Å². The molecule has 0 bridgehead atoms. The number of fused-ring (bicyclic) bond motifs is 4. The Balaban J connectivity index is 2.18. The third-order valence-corrected chi connectivity index (χ3v) is 8.12. The molecule has 2 heterocycles. The monoisotopic (exact) mass is 360 g/mol. The second-order valence-electron chi connectivity index (χ2n) is 9.51. The highest BCUT2D eigenvalue weighted by molar-refractivity contribution is 6.09. The van der Waals surface area contributed by atoms with E-state index in [4.69, 9.17) is 0 Å². The van der Waals surface area contributed by atoms with Crippen molar-refractivity contribution < 1.29 is 4.58 Å². The van der Waals surface area contributed by atoms with Crippen LogP contribution in [0.2, 0.25) is 0 Å². The molecule has 2 aromatic carbocycles. The molecule has 2 aromatic rings. The van der Waals surface area contributed by atoms with Crippen LogP contribution in [-0.4, -0.2) is 10.3 Å². The van der Waals surface area contributed by atoms with Crippen LogP contribution in [0.25, 0.3) is 0 Å². The van der Waals surface area contributed by atoms with E-state index in [1.54, 1.807) is 11.1 Å². The van der Waals surface area contributed by atoms with Crippen LogP contribution in [0.5, 0.6) is 0 Å². The van der Waals surface area contributed by atoms with Crippen molar-refractivity contribution in [2.75, 3.05) is 0 Å². The molecule has 1 unspecified atom stereocenters. The van der Waals surface area contributed by atoms with Crippen LogP contribution in [0.4, 0.5) is 5.69 Å². The number of rotatable bonds is 0. The maximum Gasteiger partial charge on any atom is 0.213 e. The quantitative estimate of drug-likeness (QED) is 0.462. The number of benzene rings is 2. The minimum atomic E-state index is -0.0175. The molecule has 0 aromatic heterocycles. The molecule has 27 heavy (non-hydrogen) atoms. The van der Waals surface area contributed by atoms with E-state index in [2.05, 4.69) is 80.7 Å². The maximum atomic E-state index is 2.70. The zero-order chi connectivity index (χ0) is 20.2. The van der Waals surface area contributed by atoms with Gasteiger partial charge >= 0.3 is 0 Å². The Bertz CT molecular complexity index is 1080. The Morgan fingerprint density at radius 1 is 0.630 bits per heavy atom. The normalized spacial score (nSPS) is 19.4. The Labute approximate surface area is 165 Å². The minimum Gasteiger partial charge on any atom is -0.185 e. The van der Waals surface area contributed by atoms with Gasteiger partial charge in [0.25, 0.3) is 0 Å². The first-order chi connectivity index (χ1) is 12.4. The zero-order valence-corrected chi connectivity index (χ0v) is 19.0. The fraction of sp³-hybridized carbons (Fsp3) is 0.500. The predicted molar refractivity (Wildman–Crippen MR) is 116 cm³/mol. The molecule has 4 rings (SSSR count). The summed E-state index contributed by atoms with van der Waals surface area (Å²) in [7, 11) is 0. The SMILES string of the molecule is Cc1c(C)c(C)c2c(c1C)C1=[N+](c3c(C)c(C)c(C)c(C)c3C1C)C2(C)C. The molecule has 0 spiro atoms. The van der Waals surface area contributed by atoms with Gasteiger partial charge < -0.3 is 0 Å². The van der Waals surface area contributed by atoms with Gasteiger partial charge in [0, 0.05) is 30.5 Å². The molecule has 0 saturated heterocycles. The zero-order valence-electron chi connectivity index (χ0n) is 19.0. The molecule has 0 aliphatic carbocycles. The smallest absolute Gasteiger partial charge is 0.185 e. The lowest BCUT2D eigenvalue weighted by Gasteiger charge is -2.25. The van der Waals surface area contributed by atoms with Crippen molar-refractivity contribution in [2.24, 2.45) is 0 Å². The van der Waals surface area contributed by atoms with Crippen molar-refractivity contribution in [2.45, 2.75) is 87.6 Å². The van der Waals surface area contributed by atoms with Crippen LogP contribution in [0.3, 0.4) is 0 Å². The van der Waals surface area contributed by atoms with Crippen molar-refractivity contribution in [3.05, 3.63) is 61.2 Å². The molecule has 0 radical (unpaired) electrons. The van der Waals surface area contributed by atoms with Gasteiger partial charge in [-0.15, -0.1) is 0 Å². The van der Waals surface area contributed by atoms with Crippen molar-refractivity contribution in [1.29, 1.82) is 0 Å². The van der Waals surface area contributed by atoms with Crippen LogP contribution >= 0.6 is 0 Å². The number of hydrogen-bond donors (Lipinski definition) is 0. The summed E-state index contributed by atoms with van der Waals surface area (Å²) >= 11 is 0. The molecule has 142 valence electrons. The summed E-state index contributed by atoms with van der Waals surface area (Å²) in [5.41, 5.74) is 19.4. The first-order valence-corrected chi connectivity index (χ1v) is 10.3. The lowest BCUT2D eigenvalue weighted by atomic mass is 9.77. The van der Waals surface area contributed by atoms with E-state index >= 15 is 0 Å². The van der Waals surface area contributed by atoms with Gasteiger partial charge in [-0.2, -0.15) is 4.58 Å². The average Bonchev–Trinajstić information content (AvgIpc) is 3.05. The van der Waals surface area contributed by atoms with Gasteiger partial charge in [0.1, 0.15) is 0 Å². The summed E-state index contributed by atoms with van der Waals surface area (Å²) in [5.74, 6) is 0.443. The van der Waals surface area contributed by atoms with Crippen molar-refractivity contribution in [3.8, 4) is 0 Å². The van der Waals surface area contributed by atoms with E-state index in [0.717, 1.165) is 0 Å². The third kappa shape index (κ3) is 1.93. The highest BCUT2D eigenvalue weighted by Crippen LogP contribution is 2.54. The Kier molecular flexibility index (Phi) is 3.65. The Hall–Kier alpha value is -1.89. The second-order valence-corrected chi connectivity index (χ2v) is 9.51. The summed E-state index contributed by atoms with van der Waals surface area (Å²) in [4.78, 5) is 0. The van der Waals surface area contributed by atoms with Crippen molar-refractivity contribution in [3.63, 3.8) is 0 Å². The lowest BCUT2D eigenvalue weighted by molar-refractivity contribution is -0.526. The van der Waals surface area contributed by atoms with Crippen molar-refractivity contribution >= 4 is 11.4 Å². The Morgan fingerprint density at radius 3 is 1.70 bits per heavy atom. The third-order valence-electron chi connectivity index (χ3n) is 8.12. The highest BCUT2D eigenvalue weighted by Gasteiger charge is 2.56. The molecule has 2 aliphatic heterocycles. The highest BCUT2D eigenvalue weighted by atomic mass is 15.1. The topological polar surface area (TPSA) is 3.01 Å². The van der Waals surface area contributed by atoms with E-state index < -0.39 is 0 Å². The molecular weight excluding hydrogens is 326 g/mol. The summed E-state index contributed by atoms with van der Waals surface area (Å²) < 4.78 is 2.70. The van der Waals surface area contributed by atoms with E-state index in [1.807, 2.05) is 0 Å². The van der Waals surface area contributed by atoms with E-state index in [1.165, 1.54) is 61.5 Å². The molecule has 0 amide bonds. The standard InChI is InChI=1S/C26H34N/c1-12-14(3)18(7)23-22(17(12)6)25-20(9)21-16(5)13(2)15(4)19(8)24(21)27(25)26(23,10)11/h20H,1-11H3/q+1. The Morgan fingerprint density at radius 2 is 1.11 bits per heavy atom. The van der Waals surface area contributed by atoms with Crippen LogP contribution in [0.15, 0.2) is 0 Å². The summed E-state index contributed by atoms with van der Waals surface area (Å²) in [6.07, 6.45) is 0. The van der Waals surface area contributed by atoms with E-state index in [9.17, 15) is 0 Å². The average molecular weight is 361 g/mol. The fourth-order valence-electron chi connectivity index (χ4n) is 6.01. The van der Waals surface area contributed by atoms with Crippen LogP contribution in [-0.2, 0) is 5.54 Å². The molecular formula is C26H34N+. The first-order valence-electron chi connectivity index (χ1n) is 10.3. The molecule has 1 nitrogen and oxygen atoms in total. The molecule has 0 N–H and O–H groups in total.